The predicted octanol–water partition coefficient (Wildman–Crippen LogP) is 3.30. The van der Waals surface area contributed by atoms with Crippen LogP contribution in [0.4, 0.5) is 0 Å². The lowest BCUT2D eigenvalue weighted by atomic mass is 9.71. The Balaban J connectivity index is 1.28. The van der Waals surface area contributed by atoms with E-state index in [0.717, 1.165) is 32.5 Å². The van der Waals surface area contributed by atoms with Crippen LogP contribution in [0.5, 0.6) is 0 Å². The van der Waals surface area contributed by atoms with Crippen molar-refractivity contribution in [2.45, 2.75) is 65.3 Å². The largest absolute Gasteiger partial charge is 0.378 e. The molecule has 1 aromatic rings. The molecule has 1 aliphatic carbocycles. The predicted molar refractivity (Wildman–Crippen MR) is 116 cm³/mol. The molecule has 0 spiro atoms. The molecule has 7 nitrogen and oxygen atoms in total. The van der Waals surface area contributed by atoms with E-state index in [-0.39, 0.29) is 5.91 Å². The average molecular weight is 416 g/mol. The number of hydrogen-bond donors (Lipinski definition) is 0. The molecule has 0 radical (unpaired) electrons. The van der Waals surface area contributed by atoms with Crippen molar-refractivity contribution < 1.29 is 9.53 Å². The first kappa shape index (κ1) is 21.5. The number of amides is 1. The van der Waals surface area contributed by atoms with Crippen molar-refractivity contribution in [3.8, 4) is 0 Å². The summed E-state index contributed by atoms with van der Waals surface area (Å²) in [4.78, 5) is 17.0. The Morgan fingerprint density at radius 1 is 1.20 bits per heavy atom. The van der Waals surface area contributed by atoms with E-state index in [9.17, 15) is 4.79 Å². The number of morpholine rings is 1. The molecule has 1 amide bonds. The molecule has 0 saturated carbocycles. The molecule has 3 aliphatic rings. The van der Waals surface area contributed by atoms with Crippen LogP contribution in [0.3, 0.4) is 0 Å². The van der Waals surface area contributed by atoms with Crippen molar-refractivity contribution >= 4 is 5.91 Å². The van der Waals surface area contributed by atoms with Crippen molar-refractivity contribution in [3.63, 3.8) is 0 Å². The Morgan fingerprint density at radius 3 is 2.63 bits per heavy atom. The highest BCUT2D eigenvalue weighted by Crippen LogP contribution is 2.41. The summed E-state index contributed by atoms with van der Waals surface area (Å²) in [6.45, 7) is 13.0. The average Bonchev–Trinajstić information content (AvgIpc) is 3.24. The standard InChI is InChI=1S/C23H37N5O2/c1-18-5-4-9-23(2,3)20(18)8-12-26-10-6-19(7-11-26)28-17-21(24-25-28)22(29)27-13-15-30-16-14-27/h17,19H,4-16H2,1-3H3. The highest BCUT2D eigenvalue weighted by Gasteiger charge is 2.29. The van der Waals surface area contributed by atoms with Gasteiger partial charge in [-0.3, -0.25) is 4.79 Å². The molecular formula is C23H37N5O2. The number of piperidine rings is 1. The second kappa shape index (κ2) is 9.18. The van der Waals surface area contributed by atoms with Crippen molar-refractivity contribution in [2.24, 2.45) is 5.41 Å². The minimum atomic E-state index is -0.0271. The number of aromatic nitrogens is 3. The van der Waals surface area contributed by atoms with E-state index in [1.165, 1.54) is 25.7 Å². The van der Waals surface area contributed by atoms with Crippen LogP contribution in [-0.4, -0.2) is 76.6 Å². The lowest BCUT2D eigenvalue weighted by Crippen LogP contribution is -2.40. The van der Waals surface area contributed by atoms with Crippen LogP contribution < -0.4 is 0 Å². The number of allylic oxidation sites excluding steroid dienone is 1. The fourth-order valence-electron chi connectivity index (χ4n) is 5.39. The Morgan fingerprint density at radius 2 is 1.93 bits per heavy atom. The second-order valence-corrected chi connectivity index (χ2v) is 9.81. The smallest absolute Gasteiger partial charge is 0.276 e. The van der Waals surface area contributed by atoms with Gasteiger partial charge in [-0.05, 0) is 50.9 Å². The maximum Gasteiger partial charge on any atom is 0.276 e. The van der Waals surface area contributed by atoms with E-state index in [4.69, 9.17) is 4.74 Å². The zero-order valence-electron chi connectivity index (χ0n) is 18.9. The van der Waals surface area contributed by atoms with Crippen molar-refractivity contribution in [3.05, 3.63) is 23.0 Å². The number of rotatable bonds is 5. The van der Waals surface area contributed by atoms with E-state index in [0.29, 0.717) is 43.5 Å². The third-order valence-electron chi connectivity index (χ3n) is 7.32. The molecule has 0 N–H and O–H groups in total. The SMILES string of the molecule is CC1=C(CCN2CCC(n3cc(C(=O)N4CCOCC4)nn3)CC2)C(C)(C)CCC1. The quantitative estimate of drug-likeness (QED) is 0.691. The first-order valence-electron chi connectivity index (χ1n) is 11.6. The lowest BCUT2D eigenvalue weighted by molar-refractivity contribution is 0.0299. The summed E-state index contributed by atoms with van der Waals surface area (Å²) in [5.41, 5.74) is 4.14. The summed E-state index contributed by atoms with van der Waals surface area (Å²) in [6, 6.07) is 0.340. The third-order valence-corrected chi connectivity index (χ3v) is 7.32. The van der Waals surface area contributed by atoms with E-state index < -0.39 is 0 Å². The maximum absolute atomic E-state index is 12.6. The molecule has 0 unspecified atom stereocenters. The van der Waals surface area contributed by atoms with Crippen LogP contribution in [0.2, 0.25) is 0 Å². The summed E-state index contributed by atoms with van der Waals surface area (Å²) in [5.74, 6) is -0.0271. The zero-order chi connectivity index (χ0) is 21.1. The van der Waals surface area contributed by atoms with Gasteiger partial charge in [0.05, 0.1) is 25.5 Å². The number of nitrogens with zero attached hydrogens (tertiary/aromatic N) is 5. The van der Waals surface area contributed by atoms with Gasteiger partial charge in [-0.2, -0.15) is 0 Å². The lowest BCUT2D eigenvalue weighted by Gasteiger charge is -2.37. The summed E-state index contributed by atoms with van der Waals surface area (Å²) >= 11 is 0. The van der Waals surface area contributed by atoms with Crippen LogP contribution >= 0.6 is 0 Å². The minimum absolute atomic E-state index is 0.0271. The van der Waals surface area contributed by atoms with Crippen molar-refractivity contribution in [2.75, 3.05) is 45.9 Å². The summed E-state index contributed by atoms with van der Waals surface area (Å²) in [5, 5.41) is 8.46. The van der Waals surface area contributed by atoms with Crippen LogP contribution in [-0.2, 0) is 4.74 Å². The number of carbonyl (C=O) groups is 1. The number of likely N-dealkylation sites (tertiary alicyclic amines) is 1. The Labute approximate surface area is 180 Å². The highest BCUT2D eigenvalue weighted by molar-refractivity contribution is 5.92. The molecular weight excluding hydrogens is 378 g/mol. The molecule has 2 fully saturated rings. The Kier molecular flexibility index (Phi) is 6.58. The summed E-state index contributed by atoms with van der Waals surface area (Å²) in [7, 11) is 0. The molecule has 3 heterocycles. The van der Waals surface area contributed by atoms with Gasteiger partial charge < -0.3 is 14.5 Å². The molecule has 0 atom stereocenters. The van der Waals surface area contributed by atoms with Crippen LogP contribution in [0.25, 0.3) is 0 Å². The van der Waals surface area contributed by atoms with Gasteiger partial charge in [0.2, 0.25) is 0 Å². The number of ether oxygens (including phenoxy) is 1. The van der Waals surface area contributed by atoms with E-state index in [1.807, 2.05) is 15.8 Å². The summed E-state index contributed by atoms with van der Waals surface area (Å²) in [6.07, 6.45) is 9.10. The molecule has 0 aromatic carbocycles. The van der Waals surface area contributed by atoms with Crippen molar-refractivity contribution in [1.29, 1.82) is 0 Å². The monoisotopic (exact) mass is 415 g/mol. The molecule has 4 rings (SSSR count). The first-order chi connectivity index (χ1) is 14.4. The topological polar surface area (TPSA) is 63.5 Å². The van der Waals surface area contributed by atoms with Gasteiger partial charge in [-0.25, -0.2) is 4.68 Å². The van der Waals surface area contributed by atoms with Gasteiger partial charge in [0.15, 0.2) is 5.69 Å². The molecule has 2 saturated heterocycles. The molecule has 7 heteroatoms. The van der Waals surface area contributed by atoms with Gasteiger partial charge in [-0.15, -0.1) is 5.10 Å². The van der Waals surface area contributed by atoms with E-state index in [1.54, 1.807) is 11.1 Å². The highest BCUT2D eigenvalue weighted by atomic mass is 16.5. The van der Waals surface area contributed by atoms with Gasteiger partial charge in [-0.1, -0.05) is 30.2 Å². The fourth-order valence-corrected chi connectivity index (χ4v) is 5.39. The minimum Gasteiger partial charge on any atom is -0.378 e. The van der Waals surface area contributed by atoms with Gasteiger partial charge in [0.25, 0.3) is 5.91 Å². The second-order valence-electron chi connectivity index (χ2n) is 9.81. The van der Waals surface area contributed by atoms with Crippen LogP contribution in [0.1, 0.15) is 75.8 Å². The van der Waals surface area contributed by atoms with Crippen LogP contribution in [0.15, 0.2) is 17.3 Å². The first-order valence-corrected chi connectivity index (χ1v) is 11.6. The normalized spacial score (nSPS) is 23.8. The van der Waals surface area contributed by atoms with Gasteiger partial charge in [0.1, 0.15) is 0 Å². The van der Waals surface area contributed by atoms with Crippen LogP contribution in [0, 0.1) is 5.41 Å². The molecule has 30 heavy (non-hydrogen) atoms. The number of carbonyl (C=O) groups excluding carboxylic acids is 1. The molecule has 166 valence electrons. The number of hydrogen-bond acceptors (Lipinski definition) is 5. The molecule has 1 aromatic heterocycles. The summed E-state index contributed by atoms with van der Waals surface area (Å²) < 4.78 is 7.25. The van der Waals surface area contributed by atoms with E-state index in [2.05, 4.69) is 36.0 Å². The van der Waals surface area contributed by atoms with Gasteiger partial charge in [0, 0.05) is 32.7 Å². The Hall–Kier alpha value is -1.73. The molecule has 0 bridgehead atoms. The zero-order valence-corrected chi connectivity index (χ0v) is 18.9. The van der Waals surface area contributed by atoms with E-state index >= 15 is 0 Å². The third kappa shape index (κ3) is 4.78. The van der Waals surface area contributed by atoms with Crippen molar-refractivity contribution in [1.82, 2.24) is 24.8 Å². The van der Waals surface area contributed by atoms with Gasteiger partial charge >= 0.3 is 0 Å². The maximum atomic E-state index is 12.6. The fraction of sp³-hybridized carbons (Fsp3) is 0.783. The Bertz CT molecular complexity index is 770. The molecule has 2 aliphatic heterocycles.